The monoisotopic (exact) mass is 244 g/mol. The van der Waals surface area contributed by atoms with Gasteiger partial charge in [0.25, 0.3) is 0 Å². The van der Waals surface area contributed by atoms with Crippen LogP contribution in [0.4, 0.5) is 0 Å². The number of nitrogens with one attached hydrogen (secondary N) is 2. The second-order valence-corrected chi connectivity index (χ2v) is 5.82. The highest BCUT2D eigenvalue weighted by atomic mass is 32.2. The molecule has 1 saturated carbocycles. The van der Waals surface area contributed by atoms with Crippen LogP contribution < -0.4 is 10.6 Å². The third-order valence-corrected chi connectivity index (χ3v) is 4.36. The van der Waals surface area contributed by atoms with Crippen molar-refractivity contribution in [3.63, 3.8) is 0 Å². The van der Waals surface area contributed by atoms with Crippen LogP contribution in [0.25, 0.3) is 0 Å². The molecule has 0 heterocycles. The van der Waals surface area contributed by atoms with Gasteiger partial charge in [-0.1, -0.05) is 19.8 Å². The van der Waals surface area contributed by atoms with E-state index in [4.69, 9.17) is 0 Å². The molecular formula is C12H24N2OS. The Morgan fingerprint density at radius 3 is 2.81 bits per heavy atom. The largest absolute Gasteiger partial charge is 0.352 e. The van der Waals surface area contributed by atoms with Gasteiger partial charge < -0.3 is 10.6 Å². The topological polar surface area (TPSA) is 41.1 Å². The Hall–Kier alpha value is -0.220. The summed E-state index contributed by atoms with van der Waals surface area (Å²) in [6.07, 6.45) is 5.59. The van der Waals surface area contributed by atoms with Gasteiger partial charge in [-0.25, -0.2) is 0 Å². The lowest BCUT2D eigenvalue weighted by molar-refractivity contribution is -0.121. The summed E-state index contributed by atoms with van der Waals surface area (Å²) in [6.45, 7) is 2.96. The molecule has 1 aliphatic carbocycles. The van der Waals surface area contributed by atoms with Crippen LogP contribution in [-0.4, -0.2) is 36.5 Å². The number of amides is 1. The van der Waals surface area contributed by atoms with Crippen LogP contribution in [-0.2, 0) is 4.79 Å². The molecule has 2 atom stereocenters. The fourth-order valence-electron chi connectivity index (χ4n) is 2.19. The van der Waals surface area contributed by atoms with E-state index in [1.54, 1.807) is 0 Å². The van der Waals surface area contributed by atoms with Crippen molar-refractivity contribution in [2.24, 2.45) is 0 Å². The van der Waals surface area contributed by atoms with Crippen LogP contribution in [0.2, 0.25) is 0 Å². The normalized spacial score (nSPS) is 25.4. The first-order valence-electron chi connectivity index (χ1n) is 6.33. The Bertz CT molecular complexity index is 209. The van der Waals surface area contributed by atoms with Gasteiger partial charge in [-0.05, 0) is 25.6 Å². The maximum atomic E-state index is 11.7. The molecule has 2 N–H and O–H groups in total. The van der Waals surface area contributed by atoms with Crippen molar-refractivity contribution in [1.82, 2.24) is 10.6 Å². The van der Waals surface area contributed by atoms with Gasteiger partial charge in [0.15, 0.2) is 0 Å². The number of carbonyl (C=O) groups is 1. The smallest absolute Gasteiger partial charge is 0.221 e. The van der Waals surface area contributed by atoms with Crippen molar-refractivity contribution in [1.29, 1.82) is 0 Å². The van der Waals surface area contributed by atoms with Gasteiger partial charge in [-0.15, -0.1) is 0 Å². The predicted octanol–water partition coefficient (Wildman–Crippen LogP) is 1.78. The molecule has 0 spiro atoms. The second-order valence-electron chi connectivity index (χ2n) is 4.31. The Morgan fingerprint density at radius 1 is 1.38 bits per heavy atom. The van der Waals surface area contributed by atoms with E-state index < -0.39 is 0 Å². The Kier molecular flexibility index (Phi) is 6.88. The zero-order valence-corrected chi connectivity index (χ0v) is 11.2. The van der Waals surface area contributed by atoms with Gasteiger partial charge in [-0.2, -0.15) is 11.8 Å². The SMILES string of the molecule is CCSC1CCCCC1NC(=O)CCNC. The van der Waals surface area contributed by atoms with Gasteiger partial charge in [-0.3, -0.25) is 4.79 Å². The summed E-state index contributed by atoms with van der Waals surface area (Å²) < 4.78 is 0. The molecule has 0 aromatic heterocycles. The molecule has 0 aliphatic heterocycles. The summed E-state index contributed by atoms with van der Waals surface area (Å²) >= 11 is 2.00. The standard InChI is InChI=1S/C12H24N2OS/c1-3-16-11-7-5-4-6-10(11)14-12(15)8-9-13-2/h10-11,13H,3-9H2,1-2H3,(H,14,15). The lowest BCUT2D eigenvalue weighted by Gasteiger charge is -2.31. The van der Waals surface area contributed by atoms with Crippen LogP contribution in [0.15, 0.2) is 0 Å². The van der Waals surface area contributed by atoms with Gasteiger partial charge in [0.05, 0.1) is 0 Å². The molecule has 1 aliphatic rings. The highest BCUT2D eigenvalue weighted by Crippen LogP contribution is 2.28. The molecule has 0 saturated heterocycles. The van der Waals surface area contributed by atoms with Crippen molar-refractivity contribution in [2.45, 2.75) is 50.3 Å². The summed E-state index contributed by atoms with van der Waals surface area (Å²) in [5.41, 5.74) is 0. The van der Waals surface area contributed by atoms with Crippen LogP contribution in [0.1, 0.15) is 39.0 Å². The number of hydrogen-bond donors (Lipinski definition) is 2. The third kappa shape index (κ3) is 4.74. The first kappa shape index (κ1) is 13.8. The van der Waals surface area contributed by atoms with Crippen molar-refractivity contribution in [3.05, 3.63) is 0 Å². The molecular weight excluding hydrogens is 220 g/mol. The number of rotatable bonds is 6. The molecule has 4 heteroatoms. The molecule has 1 amide bonds. The first-order valence-corrected chi connectivity index (χ1v) is 7.38. The van der Waals surface area contributed by atoms with E-state index in [1.165, 1.54) is 19.3 Å². The zero-order valence-electron chi connectivity index (χ0n) is 10.4. The van der Waals surface area contributed by atoms with Crippen LogP contribution in [0, 0.1) is 0 Å². The highest BCUT2D eigenvalue weighted by molar-refractivity contribution is 7.99. The molecule has 94 valence electrons. The van der Waals surface area contributed by atoms with Crippen LogP contribution in [0.5, 0.6) is 0 Å². The summed E-state index contributed by atoms with van der Waals surface area (Å²) in [7, 11) is 1.88. The highest BCUT2D eigenvalue weighted by Gasteiger charge is 2.25. The molecule has 2 unspecified atom stereocenters. The van der Waals surface area contributed by atoms with E-state index in [0.29, 0.717) is 17.7 Å². The Morgan fingerprint density at radius 2 is 2.12 bits per heavy atom. The lowest BCUT2D eigenvalue weighted by atomic mass is 9.95. The molecule has 0 aromatic carbocycles. The van der Waals surface area contributed by atoms with E-state index in [2.05, 4.69) is 17.6 Å². The van der Waals surface area contributed by atoms with Crippen molar-refractivity contribution >= 4 is 17.7 Å². The van der Waals surface area contributed by atoms with E-state index in [1.807, 2.05) is 18.8 Å². The Labute approximate surface area is 103 Å². The number of thioether (sulfide) groups is 1. The molecule has 3 nitrogen and oxygen atoms in total. The fourth-order valence-corrected chi connectivity index (χ4v) is 3.39. The summed E-state index contributed by atoms with van der Waals surface area (Å²) in [5, 5.41) is 6.83. The lowest BCUT2D eigenvalue weighted by Crippen LogP contribution is -2.44. The maximum Gasteiger partial charge on any atom is 0.221 e. The average Bonchev–Trinajstić information content (AvgIpc) is 2.29. The van der Waals surface area contributed by atoms with Crippen molar-refractivity contribution in [3.8, 4) is 0 Å². The van der Waals surface area contributed by atoms with Crippen molar-refractivity contribution < 1.29 is 4.79 Å². The van der Waals surface area contributed by atoms with Gasteiger partial charge in [0.2, 0.25) is 5.91 Å². The van der Waals surface area contributed by atoms with Gasteiger partial charge in [0.1, 0.15) is 0 Å². The predicted molar refractivity (Wildman–Crippen MR) is 70.9 cm³/mol. The molecule has 1 rings (SSSR count). The molecule has 16 heavy (non-hydrogen) atoms. The van der Waals surface area contributed by atoms with Crippen LogP contribution in [0.3, 0.4) is 0 Å². The minimum atomic E-state index is 0.197. The minimum Gasteiger partial charge on any atom is -0.352 e. The van der Waals surface area contributed by atoms with E-state index in [-0.39, 0.29) is 5.91 Å². The van der Waals surface area contributed by atoms with Gasteiger partial charge in [0, 0.05) is 24.3 Å². The minimum absolute atomic E-state index is 0.197. The molecule has 0 bridgehead atoms. The summed E-state index contributed by atoms with van der Waals surface area (Å²) in [4.78, 5) is 11.7. The summed E-state index contributed by atoms with van der Waals surface area (Å²) in [6, 6.07) is 0.406. The third-order valence-electron chi connectivity index (χ3n) is 3.03. The van der Waals surface area contributed by atoms with Crippen molar-refractivity contribution in [2.75, 3.05) is 19.3 Å². The molecule has 1 fully saturated rings. The molecule has 0 radical (unpaired) electrons. The zero-order chi connectivity index (χ0) is 11.8. The second kappa shape index (κ2) is 7.96. The maximum absolute atomic E-state index is 11.7. The van der Waals surface area contributed by atoms with Crippen LogP contribution >= 0.6 is 11.8 Å². The fraction of sp³-hybridized carbons (Fsp3) is 0.917. The van der Waals surface area contributed by atoms with E-state index in [9.17, 15) is 4.79 Å². The Balaban J connectivity index is 2.33. The summed E-state index contributed by atoms with van der Waals surface area (Å²) in [5.74, 6) is 1.34. The molecule has 0 aromatic rings. The van der Waals surface area contributed by atoms with Gasteiger partial charge >= 0.3 is 0 Å². The number of hydrogen-bond acceptors (Lipinski definition) is 3. The van der Waals surface area contributed by atoms with E-state index >= 15 is 0 Å². The average molecular weight is 244 g/mol. The first-order chi connectivity index (χ1) is 7.77. The van der Waals surface area contributed by atoms with E-state index in [0.717, 1.165) is 18.7 Å². The number of carbonyl (C=O) groups excluding carboxylic acids is 1. The quantitative estimate of drug-likeness (QED) is 0.748.